The summed E-state index contributed by atoms with van der Waals surface area (Å²) in [5.74, 6) is 0.518. The molecule has 98 valence electrons. The average molecular weight is 329 g/mol. The zero-order valence-electron chi connectivity index (χ0n) is 10.2. The minimum absolute atomic E-state index is 0.251. The molecule has 0 bridgehead atoms. The van der Waals surface area contributed by atoms with Crippen LogP contribution in [0.2, 0.25) is 0 Å². The molecule has 2 N–H and O–H groups in total. The Labute approximate surface area is 119 Å². The van der Waals surface area contributed by atoms with E-state index in [0.717, 1.165) is 36.8 Å². The lowest BCUT2D eigenvalue weighted by atomic mass is 9.92. The molecule has 3 nitrogen and oxygen atoms in total. The Kier molecular flexibility index (Phi) is 3.47. The van der Waals surface area contributed by atoms with Crippen molar-refractivity contribution < 1.29 is 4.79 Å². The third-order valence-electron chi connectivity index (χ3n) is 4.16. The molecule has 1 saturated heterocycles. The normalized spacial score (nSPS) is 25.1. The van der Waals surface area contributed by atoms with Gasteiger partial charge < -0.3 is 10.6 Å². The van der Waals surface area contributed by atoms with Crippen LogP contribution in [0.25, 0.3) is 0 Å². The molecule has 2 aliphatic rings. The number of nitrogens with one attached hydrogen (secondary N) is 2. The zero-order valence-corrected chi connectivity index (χ0v) is 12.6. The first-order chi connectivity index (χ1) is 8.70. The van der Waals surface area contributed by atoms with Crippen LogP contribution in [0, 0.1) is 11.3 Å². The highest BCUT2D eigenvalue weighted by atomic mass is 79.9. The van der Waals surface area contributed by atoms with E-state index < -0.39 is 0 Å². The molecule has 1 amide bonds. The minimum atomic E-state index is 0.251. The molecule has 1 aliphatic carbocycles. The molecule has 1 aromatic heterocycles. The fraction of sp³-hybridized carbons (Fsp3) is 0.615. The van der Waals surface area contributed by atoms with Gasteiger partial charge in [-0.1, -0.05) is 0 Å². The Bertz CT molecular complexity index is 454. The molecule has 2 heterocycles. The Hall–Kier alpha value is -0.390. The van der Waals surface area contributed by atoms with Gasteiger partial charge in [0.25, 0.3) is 0 Å². The topological polar surface area (TPSA) is 41.1 Å². The van der Waals surface area contributed by atoms with Crippen molar-refractivity contribution in [3.63, 3.8) is 0 Å². The summed E-state index contributed by atoms with van der Waals surface area (Å²) in [6, 6.07) is 2.07. The van der Waals surface area contributed by atoms with Crippen LogP contribution in [0.3, 0.4) is 0 Å². The molecule has 1 spiro atoms. The lowest BCUT2D eigenvalue weighted by molar-refractivity contribution is -0.123. The summed E-state index contributed by atoms with van der Waals surface area (Å²) in [4.78, 5) is 13.3. The first-order valence-electron chi connectivity index (χ1n) is 6.41. The van der Waals surface area contributed by atoms with Crippen molar-refractivity contribution in [1.82, 2.24) is 10.6 Å². The van der Waals surface area contributed by atoms with Gasteiger partial charge in [-0.2, -0.15) is 0 Å². The lowest BCUT2D eigenvalue weighted by Crippen LogP contribution is -2.33. The second-order valence-electron chi connectivity index (χ2n) is 5.32. The second kappa shape index (κ2) is 4.94. The Morgan fingerprint density at radius 2 is 2.33 bits per heavy atom. The van der Waals surface area contributed by atoms with Gasteiger partial charge in [-0.15, -0.1) is 11.3 Å². The van der Waals surface area contributed by atoms with Crippen LogP contribution in [0.15, 0.2) is 15.9 Å². The quantitative estimate of drug-likeness (QED) is 0.895. The van der Waals surface area contributed by atoms with Crippen LogP contribution in [0.5, 0.6) is 0 Å². The van der Waals surface area contributed by atoms with Gasteiger partial charge in [0.1, 0.15) is 0 Å². The van der Waals surface area contributed by atoms with Crippen molar-refractivity contribution in [1.29, 1.82) is 0 Å². The number of hydrogen-bond donors (Lipinski definition) is 2. The lowest BCUT2D eigenvalue weighted by Gasteiger charge is -2.23. The van der Waals surface area contributed by atoms with Gasteiger partial charge in [0.2, 0.25) is 5.91 Å². The Balaban J connectivity index is 1.51. The molecule has 1 aliphatic heterocycles. The predicted molar refractivity (Wildman–Crippen MR) is 76.5 cm³/mol. The van der Waals surface area contributed by atoms with E-state index in [1.165, 1.54) is 4.88 Å². The molecule has 1 saturated carbocycles. The van der Waals surface area contributed by atoms with Crippen LogP contribution < -0.4 is 10.6 Å². The van der Waals surface area contributed by atoms with Crippen molar-refractivity contribution in [2.75, 3.05) is 13.1 Å². The predicted octanol–water partition coefficient (Wildman–Crippen LogP) is 2.52. The third kappa shape index (κ3) is 2.49. The summed E-state index contributed by atoms with van der Waals surface area (Å²) in [6.07, 6.45) is 3.42. The van der Waals surface area contributed by atoms with Gasteiger partial charge in [0, 0.05) is 20.6 Å². The van der Waals surface area contributed by atoms with E-state index >= 15 is 0 Å². The highest BCUT2D eigenvalue weighted by molar-refractivity contribution is 9.10. The maximum atomic E-state index is 12.1. The average Bonchev–Trinajstić information content (AvgIpc) is 2.89. The van der Waals surface area contributed by atoms with Crippen molar-refractivity contribution in [3.05, 3.63) is 20.8 Å². The maximum Gasteiger partial charge on any atom is 0.223 e. The summed E-state index contributed by atoms with van der Waals surface area (Å²) in [7, 11) is 0. The van der Waals surface area contributed by atoms with Crippen LogP contribution in [0.4, 0.5) is 0 Å². The van der Waals surface area contributed by atoms with Crippen molar-refractivity contribution in [2.45, 2.75) is 25.8 Å². The molecule has 2 fully saturated rings. The Morgan fingerprint density at radius 3 is 3.00 bits per heavy atom. The van der Waals surface area contributed by atoms with Gasteiger partial charge in [-0.05, 0) is 59.8 Å². The number of amides is 1. The van der Waals surface area contributed by atoms with E-state index in [9.17, 15) is 4.79 Å². The summed E-state index contributed by atoms with van der Waals surface area (Å²) >= 11 is 5.11. The van der Waals surface area contributed by atoms with Crippen molar-refractivity contribution in [3.8, 4) is 0 Å². The number of thiophene rings is 1. The van der Waals surface area contributed by atoms with E-state index in [1.54, 1.807) is 11.3 Å². The van der Waals surface area contributed by atoms with E-state index in [0.29, 0.717) is 12.0 Å². The van der Waals surface area contributed by atoms with Crippen LogP contribution >= 0.6 is 27.3 Å². The maximum absolute atomic E-state index is 12.1. The molecule has 0 radical (unpaired) electrons. The number of carbonyl (C=O) groups excluding carboxylic acids is 1. The fourth-order valence-corrected chi connectivity index (χ4v) is 4.33. The van der Waals surface area contributed by atoms with Gasteiger partial charge >= 0.3 is 0 Å². The van der Waals surface area contributed by atoms with Crippen molar-refractivity contribution in [2.24, 2.45) is 11.3 Å². The minimum Gasteiger partial charge on any atom is -0.351 e. The molecule has 18 heavy (non-hydrogen) atoms. The Morgan fingerprint density at radius 1 is 1.56 bits per heavy atom. The molecule has 1 aromatic rings. The smallest absolute Gasteiger partial charge is 0.223 e. The number of piperidine rings is 1. The van der Waals surface area contributed by atoms with E-state index in [2.05, 4.69) is 32.6 Å². The number of halogens is 1. The highest BCUT2D eigenvalue weighted by Crippen LogP contribution is 2.58. The summed E-state index contributed by atoms with van der Waals surface area (Å²) in [6.45, 7) is 2.81. The van der Waals surface area contributed by atoms with E-state index in [1.807, 2.05) is 5.38 Å². The first-order valence-corrected chi connectivity index (χ1v) is 8.08. The molecule has 3 rings (SSSR count). The number of carbonyl (C=O) groups is 1. The molecule has 0 aromatic carbocycles. The largest absolute Gasteiger partial charge is 0.351 e. The monoisotopic (exact) mass is 328 g/mol. The first kappa shape index (κ1) is 12.6. The van der Waals surface area contributed by atoms with E-state index in [-0.39, 0.29) is 11.8 Å². The van der Waals surface area contributed by atoms with Gasteiger partial charge in [-0.3, -0.25) is 4.79 Å². The molecule has 1 unspecified atom stereocenters. The third-order valence-corrected chi connectivity index (χ3v) is 5.86. The second-order valence-corrected chi connectivity index (χ2v) is 7.23. The summed E-state index contributed by atoms with van der Waals surface area (Å²) in [5, 5.41) is 8.49. The molecular weight excluding hydrogens is 312 g/mol. The van der Waals surface area contributed by atoms with Crippen LogP contribution in [0.1, 0.15) is 24.1 Å². The molecule has 5 heteroatoms. The van der Waals surface area contributed by atoms with Crippen molar-refractivity contribution >= 4 is 33.2 Å². The highest BCUT2D eigenvalue weighted by Gasteiger charge is 2.57. The summed E-state index contributed by atoms with van der Waals surface area (Å²) < 4.78 is 1.10. The zero-order chi connectivity index (χ0) is 12.6. The van der Waals surface area contributed by atoms with Gasteiger partial charge in [-0.25, -0.2) is 0 Å². The number of hydrogen-bond acceptors (Lipinski definition) is 3. The van der Waals surface area contributed by atoms with Gasteiger partial charge in [0.05, 0.1) is 6.54 Å². The number of rotatable bonds is 3. The van der Waals surface area contributed by atoms with Crippen LogP contribution in [-0.2, 0) is 11.3 Å². The van der Waals surface area contributed by atoms with E-state index in [4.69, 9.17) is 0 Å². The SMILES string of the molecule is O=C(NCc1cc(Br)cs1)C1CC12CCNCC2. The van der Waals surface area contributed by atoms with Crippen LogP contribution in [-0.4, -0.2) is 19.0 Å². The molecular formula is C13H17BrN2OS. The standard InChI is InChI=1S/C13H17BrN2OS/c14-9-5-10(18-8-9)7-16-12(17)11-6-13(11)1-3-15-4-2-13/h5,8,11,15H,1-4,6-7H2,(H,16,17). The fourth-order valence-electron chi connectivity index (χ4n) is 2.94. The molecule has 1 atom stereocenters. The van der Waals surface area contributed by atoms with Gasteiger partial charge in [0.15, 0.2) is 0 Å². The summed E-state index contributed by atoms with van der Waals surface area (Å²) in [5.41, 5.74) is 0.339.